The molecule has 0 atom stereocenters. The summed E-state index contributed by atoms with van der Waals surface area (Å²) in [7, 11) is -3.78. The van der Waals surface area contributed by atoms with Crippen LogP contribution in [-0.4, -0.2) is 33.3 Å². The predicted molar refractivity (Wildman–Crippen MR) is 122 cm³/mol. The standard InChI is InChI=1S/C22H19ClFN3O4S/c1-32(29,30)27(15-22(28)26-25-14-19-20(23)8-5-9-21(19)24)16-10-12-18(13-11-16)31-17-6-3-2-4-7-17/h2-14H,15H2,1H3,(H,26,28)/b25-14-. The number of halogens is 2. The number of rotatable bonds is 8. The number of amides is 1. The van der Waals surface area contributed by atoms with Gasteiger partial charge in [-0.1, -0.05) is 35.9 Å². The molecule has 0 spiro atoms. The fourth-order valence-electron chi connectivity index (χ4n) is 2.67. The second kappa shape index (κ2) is 10.3. The Morgan fingerprint density at radius 3 is 2.34 bits per heavy atom. The van der Waals surface area contributed by atoms with Crippen molar-refractivity contribution >= 4 is 39.4 Å². The van der Waals surface area contributed by atoms with Crippen LogP contribution in [0.25, 0.3) is 0 Å². The molecule has 1 N–H and O–H groups in total. The number of carbonyl (C=O) groups is 1. The van der Waals surface area contributed by atoms with Crippen molar-refractivity contribution in [1.29, 1.82) is 0 Å². The summed E-state index contributed by atoms with van der Waals surface area (Å²) in [6.45, 7) is -0.528. The fourth-order valence-corrected chi connectivity index (χ4v) is 3.74. The molecule has 0 saturated carbocycles. The predicted octanol–water partition coefficient (Wildman–Crippen LogP) is 4.19. The van der Waals surface area contributed by atoms with E-state index in [2.05, 4.69) is 10.5 Å². The number of para-hydroxylation sites is 1. The summed E-state index contributed by atoms with van der Waals surface area (Å²) in [6, 6.07) is 19.4. The Labute approximate surface area is 190 Å². The minimum Gasteiger partial charge on any atom is -0.457 e. The first-order valence-corrected chi connectivity index (χ1v) is 11.5. The van der Waals surface area contributed by atoms with Crippen LogP contribution in [0.4, 0.5) is 10.1 Å². The van der Waals surface area contributed by atoms with E-state index in [9.17, 15) is 17.6 Å². The number of benzene rings is 3. The largest absolute Gasteiger partial charge is 0.457 e. The Hall–Kier alpha value is -3.43. The van der Waals surface area contributed by atoms with E-state index >= 15 is 0 Å². The average Bonchev–Trinajstić information content (AvgIpc) is 2.75. The maximum absolute atomic E-state index is 13.7. The van der Waals surface area contributed by atoms with Gasteiger partial charge in [0, 0.05) is 5.56 Å². The van der Waals surface area contributed by atoms with Gasteiger partial charge in [0.15, 0.2) is 0 Å². The van der Waals surface area contributed by atoms with E-state index in [1.165, 1.54) is 30.3 Å². The highest BCUT2D eigenvalue weighted by Crippen LogP contribution is 2.25. The molecular weight excluding hydrogens is 457 g/mol. The first kappa shape index (κ1) is 23.2. The quantitative estimate of drug-likeness (QED) is 0.391. The Bertz CT molecular complexity index is 1200. The number of hydrogen-bond acceptors (Lipinski definition) is 5. The van der Waals surface area contributed by atoms with E-state index in [4.69, 9.17) is 16.3 Å². The van der Waals surface area contributed by atoms with Gasteiger partial charge in [-0.2, -0.15) is 5.10 Å². The maximum Gasteiger partial charge on any atom is 0.260 e. The fraction of sp³-hybridized carbons (Fsp3) is 0.0909. The normalized spacial score (nSPS) is 11.3. The molecule has 0 aliphatic carbocycles. The van der Waals surface area contributed by atoms with Gasteiger partial charge in [0.2, 0.25) is 10.0 Å². The molecule has 3 rings (SSSR count). The van der Waals surface area contributed by atoms with Gasteiger partial charge >= 0.3 is 0 Å². The summed E-state index contributed by atoms with van der Waals surface area (Å²) in [6.07, 6.45) is 2.03. The summed E-state index contributed by atoms with van der Waals surface area (Å²) in [4.78, 5) is 12.3. The lowest BCUT2D eigenvalue weighted by Gasteiger charge is -2.21. The summed E-state index contributed by atoms with van der Waals surface area (Å²) >= 11 is 5.89. The molecule has 0 heterocycles. The van der Waals surface area contributed by atoms with E-state index in [1.807, 2.05) is 18.2 Å². The average molecular weight is 476 g/mol. The third kappa shape index (κ3) is 6.29. The molecule has 0 radical (unpaired) electrons. The zero-order valence-electron chi connectivity index (χ0n) is 16.9. The van der Waals surface area contributed by atoms with Crippen LogP contribution in [-0.2, 0) is 14.8 Å². The third-order valence-electron chi connectivity index (χ3n) is 4.17. The number of anilines is 1. The molecule has 10 heteroatoms. The van der Waals surface area contributed by atoms with Crippen LogP contribution in [0.15, 0.2) is 77.9 Å². The van der Waals surface area contributed by atoms with Crippen molar-refractivity contribution in [3.8, 4) is 11.5 Å². The Morgan fingerprint density at radius 1 is 1.06 bits per heavy atom. The Morgan fingerprint density at radius 2 is 1.72 bits per heavy atom. The molecule has 0 bridgehead atoms. The molecular formula is C22H19ClFN3O4S. The molecule has 0 fully saturated rings. The minimum atomic E-state index is -3.78. The van der Waals surface area contributed by atoms with Crippen molar-refractivity contribution in [3.05, 3.63) is 89.2 Å². The van der Waals surface area contributed by atoms with Crippen LogP contribution in [0, 0.1) is 5.82 Å². The number of hydrazone groups is 1. The number of carbonyl (C=O) groups excluding carboxylic acids is 1. The SMILES string of the molecule is CS(=O)(=O)N(CC(=O)N/N=C\c1c(F)cccc1Cl)c1ccc(Oc2ccccc2)cc1. The van der Waals surface area contributed by atoms with Crippen molar-refractivity contribution in [2.75, 3.05) is 17.1 Å². The van der Waals surface area contributed by atoms with Gasteiger partial charge in [0.25, 0.3) is 5.91 Å². The van der Waals surface area contributed by atoms with Crippen LogP contribution in [0.2, 0.25) is 5.02 Å². The van der Waals surface area contributed by atoms with Gasteiger partial charge in [0.1, 0.15) is 23.9 Å². The number of nitrogens with zero attached hydrogens (tertiary/aromatic N) is 2. The molecule has 166 valence electrons. The van der Waals surface area contributed by atoms with Crippen molar-refractivity contribution in [1.82, 2.24) is 5.43 Å². The molecule has 1 amide bonds. The molecule has 0 aromatic heterocycles. The van der Waals surface area contributed by atoms with Gasteiger partial charge in [-0.3, -0.25) is 9.10 Å². The van der Waals surface area contributed by atoms with E-state index in [0.29, 0.717) is 11.5 Å². The molecule has 32 heavy (non-hydrogen) atoms. The zero-order valence-corrected chi connectivity index (χ0v) is 18.5. The van der Waals surface area contributed by atoms with Gasteiger partial charge in [-0.25, -0.2) is 18.2 Å². The van der Waals surface area contributed by atoms with Crippen LogP contribution in [0.1, 0.15) is 5.56 Å². The lowest BCUT2D eigenvalue weighted by molar-refractivity contribution is -0.119. The first-order chi connectivity index (χ1) is 15.2. The topological polar surface area (TPSA) is 88.1 Å². The third-order valence-corrected chi connectivity index (χ3v) is 5.64. The molecule has 0 unspecified atom stereocenters. The van der Waals surface area contributed by atoms with Crippen LogP contribution >= 0.6 is 11.6 Å². The summed E-state index contributed by atoms with van der Waals surface area (Å²) in [5.74, 6) is -0.188. The Kier molecular flexibility index (Phi) is 7.45. The molecule has 7 nitrogen and oxygen atoms in total. The number of ether oxygens (including phenoxy) is 1. The minimum absolute atomic E-state index is 0.00319. The van der Waals surface area contributed by atoms with Crippen LogP contribution in [0.5, 0.6) is 11.5 Å². The van der Waals surface area contributed by atoms with Gasteiger partial charge < -0.3 is 4.74 Å². The van der Waals surface area contributed by atoms with E-state index < -0.39 is 28.3 Å². The summed E-state index contributed by atoms with van der Waals surface area (Å²) < 4.78 is 44.8. The van der Waals surface area contributed by atoms with E-state index in [0.717, 1.165) is 16.8 Å². The summed E-state index contributed by atoms with van der Waals surface area (Å²) in [5.41, 5.74) is 2.45. The number of nitrogens with one attached hydrogen (secondary N) is 1. The molecule has 0 aliphatic rings. The lowest BCUT2D eigenvalue weighted by atomic mass is 10.2. The maximum atomic E-state index is 13.7. The highest BCUT2D eigenvalue weighted by Gasteiger charge is 2.21. The van der Waals surface area contributed by atoms with E-state index in [-0.39, 0.29) is 16.3 Å². The Balaban J connectivity index is 1.69. The van der Waals surface area contributed by atoms with Crippen molar-refractivity contribution in [3.63, 3.8) is 0 Å². The summed E-state index contributed by atoms with van der Waals surface area (Å²) in [5, 5.41) is 3.79. The van der Waals surface area contributed by atoms with E-state index in [1.54, 1.807) is 24.3 Å². The monoisotopic (exact) mass is 475 g/mol. The zero-order chi connectivity index (χ0) is 23.1. The number of sulfonamides is 1. The first-order valence-electron chi connectivity index (χ1n) is 9.30. The second-order valence-corrected chi connectivity index (χ2v) is 8.92. The van der Waals surface area contributed by atoms with Crippen molar-refractivity contribution in [2.24, 2.45) is 5.10 Å². The van der Waals surface area contributed by atoms with Crippen molar-refractivity contribution in [2.45, 2.75) is 0 Å². The molecule has 3 aromatic carbocycles. The molecule has 0 saturated heterocycles. The van der Waals surface area contributed by atoms with Crippen LogP contribution < -0.4 is 14.5 Å². The van der Waals surface area contributed by atoms with Gasteiger partial charge in [-0.05, 0) is 48.5 Å². The molecule has 3 aromatic rings. The van der Waals surface area contributed by atoms with Crippen molar-refractivity contribution < 1.29 is 22.3 Å². The van der Waals surface area contributed by atoms with Crippen LogP contribution in [0.3, 0.4) is 0 Å². The smallest absolute Gasteiger partial charge is 0.260 e. The van der Waals surface area contributed by atoms with Gasteiger partial charge in [0.05, 0.1) is 23.2 Å². The highest BCUT2D eigenvalue weighted by molar-refractivity contribution is 7.92. The molecule has 0 aliphatic heterocycles. The highest BCUT2D eigenvalue weighted by atomic mass is 35.5. The van der Waals surface area contributed by atoms with Gasteiger partial charge in [-0.15, -0.1) is 0 Å². The number of hydrogen-bond donors (Lipinski definition) is 1. The lowest BCUT2D eigenvalue weighted by Crippen LogP contribution is -2.39. The second-order valence-electron chi connectivity index (χ2n) is 6.61.